The van der Waals surface area contributed by atoms with Gasteiger partial charge in [0.25, 0.3) is 5.69 Å². The highest BCUT2D eigenvalue weighted by molar-refractivity contribution is 5.74. The number of amides is 1. The van der Waals surface area contributed by atoms with E-state index in [1.165, 1.54) is 6.07 Å². The van der Waals surface area contributed by atoms with Crippen molar-refractivity contribution in [3.05, 3.63) is 39.4 Å². The van der Waals surface area contributed by atoms with Gasteiger partial charge in [0, 0.05) is 11.6 Å². The summed E-state index contributed by atoms with van der Waals surface area (Å²) in [4.78, 5) is 25.7. The molecule has 0 spiro atoms. The van der Waals surface area contributed by atoms with Crippen molar-refractivity contribution < 1.29 is 14.6 Å². The van der Waals surface area contributed by atoms with Crippen molar-refractivity contribution >= 4 is 11.6 Å². The monoisotopic (exact) mass is 253 g/mol. The number of hydrogen-bond donors (Lipinski definition) is 2. The first-order chi connectivity index (χ1) is 8.41. The molecule has 1 aromatic rings. The minimum Gasteiger partial charge on any atom is -0.368 e. The van der Waals surface area contributed by atoms with Gasteiger partial charge < -0.3 is 5.73 Å². The fourth-order valence-corrected chi connectivity index (χ4v) is 1.40. The van der Waals surface area contributed by atoms with Crippen molar-refractivity contribution in [2.24, 2.45) is 5.73 Å². The predicted octanol–water partition coefficient (Wildman–Crippen LogP) is 0.971. The molecule has 3 N–H and O–H groups in total. The number of primary amides is 1. The maximum absolute atomic E-state index is 10.8. The molecular formula is C11H15N3O4. The molecule has 0 saturated heterocycles. The molecule has 7 nitrogen and oxygen atoms in total. The Hall–Kier alpha value is -1.99. The van der Waals surface area contributed by atoms with Gasteiger partial charge in [-0.05, 0) is 19.4 Å². The van der Waals surface area contributed by atoms with Crippen LogP contribution in [0.3, 0.4) is 0 Å². The summed E-state index contributed by atoms with van der Waals surface area (Å²) in [6.07, 6.45) is 0. The second kappa shape index (κ2) is 6.08. The third-order valence-corrected chi connectivity index (χ3v) is 2.40. The fraction of sp³-hybridized carbons (Fsp3) is 0.364. The second-order valence-electron chi connectivity index (χ2n) is 3.90. The van der Waals surface area contributed by atoms with E-state index in [9.17, 15) is 14.9 Å². The highest BCUT2D eigenvalue weighted by atomic mass is 16.6. The normalized spacial score (nSPS) is 12.1. The van der Waals surface area contributed by atoms with Gasteiger partial charge in [-0.2, -0.15) is 5.48 Å². The Balaban J connectivity index is 2.74. The maximum atomic E-state index is 10.8. The van der Waals surface area contributed by atoms with Crippen LogP contribution in [0.15, 0.2) is 18.2 Å². The summed E-state index contributed by atoms with van der Waals surface area (Å²) >= 11 is 0. The SMILES string of the molecule is Cc1ccc(C(C)NOCC(N)=O)cc1[N+](=O)[O-]. The maximum Gasteiger partial charge on any atom is 0.272 e. The number of aryl methyl sites for hydroxylation is 1. The fourth-order valence-electron chi connectivity index (χ4n) is 1.40. The van der Waals surface area contributed by atoms with Gasteiger partial charge in [-0.25, -0.2) is 0 Å². The van der Waals surface area contributed by atoms with Crippen molar-refractivity contribution in [1.29, 1.82) is 0 Å². The molecule has 7 heteroatoms. The number of carbonyl (C=O) groups is 1. The zero-order valence-electron chi connectivity index (χ0n) is 10.2. The number of nitro groups is 1. The van der Waals surface area contributed by atoms with Crippen LogP contribution in [0.4, 0.5) is 5.69 Å². The summed E-state index contributed by atoms with van der Waals surface area (Å²) in [5.41, 5.74) is 8.84. The van der Waals surface area contributed by atoms with Crippen LogP contribution in [0.2, 0.25) is 0 Å². The third-order valence-electron chi connectivity index (χ3n) is 2.40. The van der Waals surface area contributed by atoms with E-state index in [1.54, 1.807) is 26.0 Å². The van der Waals surface area contributed by atoms with Crippen molar-refractivity contribution in [3.8, 4) is 0 Å². The Morgan fingerprint density at radius 2 is 2.28 bits per heavy atom. The van der Waals surface area contributed by atoms with E-state index in [1.807, 2.05) is 0 Å². The number of nitrogens with zero attached hydrogens (tertiary/aromatic N) is 1. The molecule has 1 amide bonds. The van der Waals surface area contributed by atoms with E-state index < -0.39 is 10.8 Å². The van der Waals surface area contributed by atoms with Crippen LogP contribution in [0.1, 0.15) is 24.1 Å². The van der Waals surface area contributed by atoms with Crippen LogP contribution in [0.25, 0.3) is 0 Å². The molecule has 0 saturated carbocycles. The topological polar surface area (TPSA) is 107 Å². The Kier molecular flexibility index (Phi) is 4.75. The smallest absolute Gasteiger partial charge is 0.272 e. The number of hydrogen-bond acceptors (Lipinski definition) is 5. The molecule has 0 fully saturated rings. The van der Waals surface area contributed by atoms with Crippen LogP contribution < -0.4 is 11.2 Å². The van der Waals surface area contributed by atoms with Gasteiger partial charge in [0.2, 0.25) is 5.91 Å². The summed E-state index contributed by atoms with van der Waals surface area (Å²) in [5.74, 6) is -0.593. The molecule has 0 bridgehead atoms. The summed E-state index contributed by atoms with van der Waals surface area (Å²) in [7, 11) is 0. The lowest BCUT2D eigenvalue weighted by Gasteiger charge is -2.13. The number of nitrogens with two attached hydrogens (primary N) is 1. The van der Waals surface area contributed by atoms with E-state index >= 15 is 0 Å². The van der Waals surface area contributed by atoms with Crippen molar-refractivity contribution in [3.63, 3.8) is 0 Å². The lowest BCUT2D eigenvalue weighted by atomic mass is 10.1. The first-order valence-corrected chi connectivity index (χ1v) is 5.32. The highest BCUT2D eigenvalue weighted by Crippen LogP contribution is 2.22. The zero-order valence-corrected chi connectivity index (χ0v) is 10.2. The Morgan fingerprint density at radius 3 is 2.83 bits per heavy atom. The molecule has 0 aromatic heterocycles. The average Bonchev–Trinajstić information content (AvgIpc) is 2.28. The minimum atomic E-state index is -0.593. The number of carbonyl (C=O) groups excluding carboxylic acids is 1. The van der Waals surface area contributed by atoms with E-state index in [0.29, 0.717) is 11.1 Å². The first kappa shape index (κ1) is 14.1. The number of hydroxylamine groups is 1. The van der Waals surface area contributed by atoms with Gasteiger partial charge in [-0.15, -0.1) is 0 Å². The molecule has 0 heterocycles. The summed E-state index contributed by atoms with van der Waals surface area (Å²) in [6.45, 7) is 3.18. The largest absolute Gasteiger partial charge is 0.368 e. The van der Waals surface area contributed by atoms with Crippen LogP contribution in [-0.4, -0.2) is 17.4 Å². The number of benzene rings is 1. The molecule has 1 rings (SSSR count). The van der Waals surface area contributed by atoms with Crippen molar-refractivity contribution in [2.75, 3.05) is 6.61 Å². The summed E-state index contributed by atoms with van der Waals surface area (Å²) < 4.78 is 0. The van der Waals surface area contributed by atoms with Gasteiger partial charge in [-0.3, -0.25) is 19.7 Å². The van der Waals surface area contributed by atoms with Crippen LogP contribution in [-0.2, 0) is 9.63 Å². The lowest BCUT2D eigenvalue weighted by molar-refractivity contribution is -0.385. The van der Waals surface area contributed by atoms with Gasteiger partial charge in [0.1, 0.15) is 6.61 Å². The third kappa shape index (κ3) is 3.79. The quantitative estimate of drug-likeness (QED) is 0.580. The van der Waals surface area contributed by atoms with E-state index in [0.717, 1.165) is 0 Å². The molecule has 0 aliphatic rings. The Morgan fingerprint density at radius 1 is 1.61 bits per heavy atom. The lowest BCUT2D eigenvalue weighted by Crippen LogP contribution is -2.26. The first-order valence-electron chi connectivity index (χ1n) is 5.32. The summed E-state index contributed by atoms with van der Waals surface area (Å²) in [5, 5.41) is 10.8. The van der Waals surface area contributed by atoms with Gasteiger partial charge in [0.05, 0.1) is 11.0 Å². The van der Waals surface area contributed by atoms with Gasteiger partial charge in [0.15, 0.2) is 0 Å². The number of rotatable bonds is 6. The van der Waals surface area contributed by atoms with Crippen molar-refractivity contribution in [2.45, 2.75) is 19.9 Å². The number of nitro benzene ring substituents is 1. The molecule has 1 atom stereocenters. The predicted molar refractivity (Wildman–Crippen MR) is 64.5 cm³/mol. The molecule has 1 unspecified atom stereocenters. The Bertz CT molecular complexity index is 462. The molecule has 0 aliphatic carbocycles. The molecule has 0 aliphatic heterocycles. The van der Waals surface area contributed by atoms with E-state index in [-0.39, 0.29) is 18.3 Å². The van der Waals surface area contributed by atoms with E-state index in [4.69, 9.17) is 10.6 Å². The second-order valence-corrected chi connectivity index (χ2v) is 3.90. The molecule has 1 aromatic carbocycles. The van der Waals surface area contributed by atoms with Crippen LogP contribution in [0.5, 0.6) is 0 Å². The van der Waals surface area contributed by atoms with Crippen LogP contribution in [0, 0.1) is 17.0 Å². The van der Waals surface area contributed by atoms with E-state index in [2.05, 4.69) is 5.48 Å². The van der Waals surface area contributed by atoms with Gasteiger partial charge in [-0.1, -0.05) is 12.1 Å². The summed E-state index contributed by atoms with van der Waals surface area (Å²) in [6, 6.07) is 4.61. The molecule has 98 valence electrons. The molecule has 0 radical (unpaired) electrons. The minimum absolute atomic E-state index is 0.0519. The molecular weight excluding hydrogens is 238 g/mol. The number of nitrogens with one attached hydrogen (secondary N) is 1. The zero-order chi connectivity index (χ0) is 13.7. The standard InChI is InChI=1S/C11H15N3O4/c1-7-3-4-9(5-10(7)14(16)17)8(2)13-18-6-11(12)15/h3-5,8,13H,6H2,1-2H3,(H2,12,15). The highest BCUT2D eigenvalue weighted by Gasteiger charge is 2.14. The van der Waals surface area contributed by atoms with Crippen LogP contribution >= 0.6 is 0 Å². The average molecular weight is 253 g/mol. The molecule has 18 heavy (non-hydrogen) atoms. The Labute approximate surface area is 104 Å². The van der Waals surface area contributed by atoms with Gasteiger partial charge >= 0.3 is 0 Å². The van der Waals surface area contributed by atoms with Crippen molar-refractivity contribution in [1.82, 2.24) is 5.48 Å².